The Morgan fingerprint density at radius 1 is 1.00 bits per heavy atom. The highest BCUT2D eigenvalue weighted by atomic mass is 19.1. The van der Waals surface area contributed by atoms with Crippen molar-refractivity contribution in [3.05, 3.63) is 0 Å². The van der Waals surface area contributed by atoms with E-state index in [1.807, 2.05) is 0 Å². The fraction of sp³-hybridized carbons (Fsp3) is 0.857. The lowest BCUT2D eigenvalue weighted by atomic mass is 10.1. The van der Waals surface area contributed by atoms with Gasteiger partial charge in [0, 0.05) is 6.54 Å². The highest BCUT2D eigenvalue weighted by Crippen LogP contribution is 2.27. The Labute approximate surface area is 130 Å². The van der Waals surface area contributed by atoms with E-state index in [9.17, 15) is 14.0 Å². The molecule has 1 rings (SSSR count). The zero-order valence-electron chi connectivity index (χ0n) is 14.1. The highest BCUT2D eigenvalue weighted by Gasteiger charge is 2.49. The Bertz CT molecular complexity index is 406. The van der Waals surface area contributed by atoms with Gasteiger partial charge < -0.3 is 15.2 Å². The first-order chi connectivity index (χ1) is 9.76. The molecule has 0 bridgehead atoms. The number of rotatable bonds is 1. The molecule has 0 radical (unpaired) electrons. The molecule has 1 fully saturated rings. The summed E-state index contributed by atoms with van der Waals surface area (Å²) in [7, 11) is 0. The quantitative estimate of drug-likeness (QED) is 0.799. The molecule has 7 nitrogen and oxygen atoms in total. The average Bonchev–Trinajstić information content (AvgIpc) is 2.64. The van der Waals surface area contributed by atoms with Crippen LogP contribution in [0.25, 0.3) is 0 Å². The second kappa shape index (κ2) is 5.91. The Kier molecular flexibility index (Phi) is 4.96. The standard InChI is InChI=1S/C14H26FN3O4/c1-12(2,3)21-10(19)17-8-14(15,7-16)9-18(17)11(20)22-13(4,5)6/h7-9,16H2,1-6H3. The lowest BCUT2D eigenvalue weighted by Crippen LogP contribution is -2.48. The Morgan fingerprint density at radius 3 is 1.55 bits per heavy atom. The van der Waals surface area contributed by atoms with E-state index in [2.05, 4.69) is 0 Å². The van der Waals surface area contributed by atoms with Gasteiger partial charge in [-0.25, -0.2) is 24.0 Å². The summed E-state index contributed by atoms with van der Waals surface area (Å²) in [5, 5.41) is 1.82. The monoisotopic (exact) mass is 319 g/mol. The number of carbonyl (C=O) groups is 2. The number of hydrogen-bond acceptors (Lipinski definition) is 5. The van der Waals surface area contributed by atoms with Crippen molar-refractivity contribution in [1.82, 2.24) is 10.0 Å². The molecule has 0 aromatic rings. The predicted octanol–water partition coefficient (Wildman–Crippen LogP) is 2.06. The number of ether oxygens (including phenoxy) is 2. The van der Waals surface area contributed by atoms with E-state index in [1.165, 1.54) is 0 Å². The fourth-order valence-electron chi connectivity index (χ4n) is 1.84. The zero-order chi connectivity index (χ0) is 17.3. The topological polar surface area (TPSA) is 85.1 Å². The van der Waals surface area contributed by atoms with Crippen molar-refractivity contribution < 1.29 is 23.5 Å². The number of nitrogens with zero attached hydrogens (tertiary/aromatic N) is 2. The molecule has 2 amide bonds. The maximum atomic E-state index is 14.5. The van der Waals surface area contributed by atoms with Gasteiger partial charge in [0.1, 0.15) is 11.2 Å². The zero-order valence-corrected chi connectivity index (χ0v) is 14.1. The lowest BCUT2D eigenvalue weighted by Gasteiger charge is -2.31. The number of halogens is 1. The molecule has 0 unspecified atom stereocenters. The smallest absolute Gasteiger partial charge is 0.429 e. The Hall–Kier alpha value is -1.57. The fourth-order valence-corrected chi connectivity index (χ4v) is 1.84. The molecule has 22 heavy (non-hydrogen) atoms. The Morgan fingerprint density at radius 2 is 1.32 bits per heavy atom. The third-order valence-corrected chi connectivity index (χ3v) is 2.73. The molecule has 0 aliphatic carbocycles. The number of amides is 2. The average molecular weight is 319 g/mol. The van der Waals surface area contributed by atoms with Gasteiger partial charge >= 0.3 is 12.2 Å². The summed E-state index contributed by atoms with van der Waals surface area (Å²) >= 11 is 0. The summed E-state index contributed by atoms with van der Waals surface area (Å²) in [5.74, 6) is 0. The molecule has 0 atom stereocenters. The van der Waals surface area contributed by atoms with Crippen molar-refractivity contribution in [2.45, 2.75) is 58.4 Å². The third-order valence-electron chi connectivity index (χ3n) is 2.73. The van der Waals surface area contributed by atoms with Gasteiger partial charge in [-0.3, -0.25) is 0 Å². The van der Waals surface area contributed by atoms with E-state index < -0.39 is 29.1 Å². The molecule has 1 aliphatic rings. The highest BCUT2D eigenvalue weighted by molar-refractivity contribution is 5.75. The van der Waals surface area contributed by atoms with E-state index in [4.69, 9.17) is 15.2 Å². The summed E-state index contributed by atoms with van der Waals surface area (Å²) in [6, 6.07) is 0. The van der Waals surface area contributed by atoms with Crippen LogP contribution in [0.1, 0.15) is 41.5 Å². The molecule has 8 heteroatoms. The number of carbonyl (C=O) groups excluding carboxylic acids is 2. The normalized spacial score (nSPS) is 18.4. The minimum Gasteiger partial charge on any atom is -0.442 e. The summed E-state index contributed by atoms with van der Waals surface area (Å²) < 4.78 is 24.9. The van der Waals surface area contributed by atoms with Gasteiger partial charge in [0.15, 0.2) is 5.67 Å². The van der Waals surface area contributed by atoms with E-state index in [-0.39, 0.29) is 19.6 Å². The molecule has 0 spiro atoms. The summed E-state index contributed by atoms with van der Waals surface area (Å²) in [5.41, 5.74) is 2.01. The molecule has 0 saturated carbocycles. The van der Waals surface area contributed by atoms with Crippen LogP contribution in [0.2, 0.25) is 0 Å². The molecule has 2 N–H and O–H groups in total. The SMILES string of the molecule is CC(C)(C)OC(=O)N1CC(F)(CN)CN1C(=O)OC(C)(C)C. The number of nitrogens with two attached hydrogens (primary N) is 1. The number of hydrogen-bond donors (Lipinski definition) is 1. The minimum absolute atomic E-state index is 0.314. The van der Waals surface area contributed by atoms with Gasteiger partial charge in [0.2, 0.25) is 0 Å². The molecule has 1 aliphatic heterocycles. The van der Waals surface area contributed by atoms with Gasteiger partial charge in [0.05, 0.1) is 13.1 Å². The Balaban J connectivity index is 2.95. The van der Waals surface area contributed by atoms with E-state index in [0.29, 0.717) is 0 Å². The van der Waals surface area contributed by atoms with Crippen LogP contribution in [0.4, 0.5) is 14.0 Å². The third kappa shape index (κ3) is 5.01. The van der Waals surface area contributed by atoms with Crippen molar-refractivity contribution in [2.75, 3.05) is 19.6 Å². The minimum atomic E-state index is -1.88. The van der Waals surface area contributed by atoms with Gasteiger partial charge in [-0.15, -0.1) is 0 Å². The van der Waals surface area contributed by atoms with Crippen LogP contribution >= 0.6 is 0 Å². The summed E-state index contributed by atoms with van der Waals surface area (Å²) in [6.45, 7) is 9.10. The van der Waals surface area contributed by atoms with E-state index in [1.54, 1.807) is 41.5 Å². The van der Waals surface area contributed by atoms with Crippen molar-refractivity contribution >= 4 is 12.2 Å². The van der Waals surface area contributed by atoms with Gasteiger partial charge in [-0.05, 0) is 41.5 Å². The van der Waals surface area contributed by atoms with Crippen LogP contribution in [-0.4, -0.2) is 58.7 Å². The molecular weight excluding hydrogens is 293 g/mol. The first-order valence-corrected chi connectivity index (χ1v) is 7.16. The summed E-state index contributed by atoms with van der Waals surface area (Å²) in [6.07, 6.45) is -1.63. The van der Waals surface area contributed by atoms with Gasteiger partial charge in [-0.2, -0.15) is 0 Å². The lowest BCUT2D eigenvalue weighted by molar-refractivity contribution is -0.0428. The molecule has 1 saturated heterocycles. The second-order valence-corrected chi connectivity index (χ2v) is 7.43. The van der Waals surface area contributed by atoms with Crippen LogP contribution in [0.5, 0.6) is 0 Å². The van der Waals surface area contributed by atoms with Crippen LogP contribution in [-0.2, 0) is 9.47 Å². The molecular formula is C14H26FN3O4. The van der Waals surface area contributed by atoms with Gasteiger partial charge in [0.25, 0.3) is 0 Å². The molecule has 1 heterocycles. The predicted molar refractivity (Wildman–Crippen MR) is 78.8 cm³/mol. The first-order valence-electron chi connectivity index (χ1n) is 7.16. The van der Waals surface area contributed by atoms with Crippen LogP contribution < -0.4 is 5.73 Å². The van der Waals surface area contributed by atoms with Gasteiger partial charge in [-0.1, -0.05) is 0 Å². The summed E-state index contributed by atoms with van der Waals surface area (Å²) in [4.78, 5) is 24.4. The van der Waals surface area contributed by atoms with Crippen molar-refractivity contribution in [2.24, 2.45) is 5.73 Å². The number of alkyl halides is 1. The van der Waals surface area contributed by atoms with Crippen molar-refractivity contribution in [3.8, 4) is 0 Å². The number of hydrazine groups is 1. The van der Waals surface area contributed by atoms with Crippen molar-refractivity contribution in [3.63, 3.8) is 0 Å². The molecule has 128 valence electrons. The van der Waals surface area contributed by atoms with E-state index >= 15 is 0 Å². The first kappa shape index (κ1) is 18.5. The maximum absolute atomic E-state index is 14.5. The van der Waals surface area contributed by atoms with Crippen molar-refractivity contribution in [1.29, 1.82) is 0 Å². The van der Waals surface area contributed by atoms with Crippen LogP contribution in [0, 0.1) is 0 Å². The second-order valence-electron chi connectivity index (χ2n) is 7.43. The van der Waals surface area contributed by atoms with Crippen LogP contribution in [0.15, 0.2) is 0 Å². The molecule has 0 aromatic carbocycles. The molecule has 0 aromatic heterocycles. The largest absolute Gasteiger partial charge is 0.442 e. The van der Waals surface area contributed by atoms with E-state index in [0.717, 1.165) is 10.0 Å². The maximum Gasteiger partial charge on any atom is 0.429 e. The van der Waals surface area contributed by atoms with Crippen LogP contribution in [0.3, 0.4) is 0 Å².